The molecule has 2 aromatic carbocycles. The van der Waals surface area contributed by atoms with E-state index in [9.17, 15) is 20.2 Å². The average molecular weight is 383 g/mol. The van der Waals surface area contributed by atoms with E-state index in [2.05, 4.69) is 5.32 Å². The van der Waals surface area contributed by atoms with Crippen molar-refractivity contribution < 1.29 is 9.85 Å². The maximum atomic E-state index is 12.1. The fourth-order valence-electron chi connectivity index (χ4n) is 4.59. The Morgan fingerprint density at radius 1 is 0.786 bits per heavy atom. The minimum Gasteiger partial charge on any atom is -0.291 e. The first-order chi connectivity index (χ1) is 13.2. The molecule has 1 fully saturated rings. The first-order valence-corrected chi connectivity index (χ1v) is 9.30. The maximum Gasteiger partial charge on any atom is 0.243 e. The molecular formula is C21H25N3O4. The van der Waals surface area contributed by atoms with E-state index < -0.39 is 29.6 Å². The van der Waals surface area contributed by atoms with Gasteiger partial charge in [-0.25, -0.2) is 0 Å². The summed E-state index contributed by atoms with van der Waals surface area (Å²) in [6.07, 6.45) is 0. The van der Waals surface area contributed by atoms with Gasteiger partial charge in [-0.2, -0.15) is 0 Å². The molecule has 0 saturated carbocycles. The number of nitrogens with zero attached hydrogens (tertiary/aromatic N) is 2. The smallest absolute Gasteiger partial charge is 0.243 e. The topological polar surface area (TPSA) is 98.3 Å². The van der Waals surface area contributed by atoms with Crippen molar-refractivity contribution in [2.75, 3.05) is 0 Å². The molecule has 4 atom stereocenters. The Hall–Kier alpha value is -2.80. The van der Waals surface area contributed by atoms with Crippen molar-refractivity contribution >= 4 is 0 Å². The van der Waals surface area contributed by atoms with Gasteiger partial charge < -0.3 is 0 Å². The number of hydrogen-bond donors (Lipinski definition) is 1. The highest BCUT2D eigenvalue weighted by Crippen LogP contribution is 2.47. The zero-order valence-electron chi connectivity index (χ0n) is 16.5. The lowest BCUT2D eigenvalue weighted by molar-refractivity contribution is -0.605. The highest BCUT2D eigenvalue weighted by atomic mass is 16.6. The van der Waals surface area contributed by atoms with Gasteiger partial charge in [0.15, 0.2) is 0 Å². The van der Waals surface area contributed by atoms with Crippen molar-refractivity contribution in [1.29, 1.82) is 0 Å². The summed E-state index contributed by atoms with van der Waals surface area (Å²) in [6.45, 7) is 7.10. The first-order valence-electron chi connectivity index (χ1n) is 9.30. The van der Waals surface area contributed by atoms with Crippen molar-refractivity contribution in [2.24, 2.45) is 5.41 Å². The molecule has 0 amide bonds. The second-order valence-electron chi connectivity index (χ2n) is 8.12. The van der Waals surface area contributed by atoms with Crippen LogP contribution in [0.25, 0.3) is 0 Å². The molecule has 1 heterocycles. The van der Waals surface area contributed by atoms with Gasteiger partial charge in [-0.15, -0.1) is 0 Å². The minimum absolute atomic E-state index is 0.366. The maximum absolute atomic E-state index is 12.1. The second kappa shape index (κ2) is 7.31. The Balaban J connectivity index is 2.21. The molecule has 0 aliphatic carbocycles. The van der Waals surface area contributed by atoms with Crippen LogP contribution in [0.3, 0.4) is 0 Å². The molecule has 0 unspecified atom stereocenters. The Morgan fingerprint density at radius 2 is 1.14 bits per heavy atom. The molecule has 2 aromatic rings. The average Bonchev–Trinajstić information content (AvgIpc) is 2.60. The Morgan fingerprint density at radius 3 is 1.46 bits per heavy atom. The predicted octanol–water partition coefficient (Wildman–Crippen LogP) is 4.01. The Labute approximate surface area is 164 Å². The Bertz CT molecular complexity index is 841. The number of nitro groups is 2. The van der Waals surface area contributed by atoms with Crippen molar-refractivity contribution in [3.63, 3.8) is 0 Å². The molecular weight excluding hydrogens is 358 g/mol. The van der Waals surface area contributed by atoms with Crippen LogP contribution in [0.2, 0.25) is 0 Å². The van der Waals surface area contributed by atoms with Crippen LogP contribution in [0.1, 0.15) is 48.2 Å². The van der Waals surface area contributed by atoms with E-state index in [4.69, 9.17) is 0 Å². The standard InChI is InChI=1S/C21H25N3O4/c1-13-9-5-7-11-15(13)17-19(23(25)26)21(3,4)20(24(27)28)18(22-17)16-12-8-6-10-14(16)2/h5-12,17-20,22H,1-4H3/t17-,18+,19-,20-/m0/s1. The van der Waals surface area contributed by atoms with Crippen molar-refractivity contribution in [2.45, 2.75) is 51.9 Å². The van der Waals surface area contributed by atoms with Gasteiger partial charge in [0, 0.05) is 9.85 Å². The lowest BCUT2D eigenvalue weighted by Gasteiger charge is -2.45. The van der Waals surface area contributed by atoms with Gasteiger partial charge >= 0.3 is 0 Å². The molecule has 0 bridgehead atoms. The molecule has 7 nitrogen and oxygen atoms in total. The fourth-order valence-corrected chi connectivity index (χ4v) is 4.59. The largest absolute Gasteiger partial charge is 0.291 e. The summed E-state index contributed by atoms with van der Waals surface area (Å²) in [5, 5.41) is 27.5. The first kappa shape index (κ1) is 19.9. The van der Waals surface area contributed by atoms with Crippen molar-refractivity contribution in [3.05, 3.63) is 91.0 Å². The normalized spacial score (nSPS) is 26.6. The van der Waals surface area contributed by atoms with Gasteiger partial charge in [0.1, 0.15) is 17.5 Å². The minimum atomic E-state index is -1.17. The number of hydrogen-bond acceptors (Lipinski definition) is 5. The number of benzene rings is 2. The molecule has 1 aliphatic rings. The van der Waals surface area contributed by atoms with E-state index in [1.807, 2.05) is 62.4 Å². The van der Waals surface area contributed by atoms with Crippen LogP contribution in [0, 0.1) is 39.5 Å². The number of aryl methyl sites for hydroxylation is 2. The second-order valence-corrected chi connectivity index (χ2v) is 8.12. The van der Waals surface area contributed by atoms with Crippen LogP contribution in [0.15, 0.2) is 48.5 Å². The third kappa shape index (κ3) is 3.26. The predicted molar refractivity (Wildman–Crippen MR) is 106 cm³/mol. The van der Waals surface area contributed by atoms with E-state index in [0.29, 0.717) is 0 Å². The zero-order chi connectivity index (χ0) is 20.6. The summed E-state index contributed by atoms with van der Waals surface area (Å²) in [6, 6.07) is 11.5. The fraction of sp³-hybridized carbons (Fsp3) is 0.429. The molecule has 1 saturated heterocycles. The van der Waals surface area contributed by atoms with Crippen LogP contribution in [-0.4, -0.2) is 21.9 Å². The van der Waals surface area contributed by atoms with Crippen molar-refractivity contribution in [1.82, 2.24) is 5.32 Å². The summed E-state index contributed by atoms with van der Waals surface area (Å²) in [5.74, 6) is 0. The molecule has 0 radical (unpaired) electrons. The van der Waals surface area contributed by atoms with Crippen LogP contribution in [-0.2, 0) is 0 Å². The van der Waals surface area contributed by atoms with E-state index in [0.717, 1.165) is 22.3 Å². The zero-order valence-corrected chi connectivity index (χ0v) is 16.5. The molecule has 148 valence electrons. The molecule has 0 spiro atoms. The molecule has 0 aromatic heterocycles. The summed E-state index contributed by atoms with van der Waals surface area (Å²) in [4.78, 5) is 23.4. The third-order valence-corrected chi connectivity index (χ3v) is 6.02. The number of rotatable bonds is 4. The number of piperidine rings is 1. The van der Waals surface area contributed by atoms with Gasteiger partial charge in [-0.3, -0.25) is 25.5 Å². The van der Waals surface area contributed by atoms with E-state index in [1.54, 1.807) is 13.8 Å². The molecule has 1 N–H and O–H groups in total. The van der Waals surface area contributed by atoms with Gasteiger partial charge in [-0.1, -0.05) is 48.5 Å². The van der Waals surface area contributed by atoms with Crippen molar-refractivity contribution in [3.8, 4) is 0 Å². The third-order valence-electron chi connectivity index (χ3n) is 6.02. The Kier molecular flexibility index (Phi) is 5.21. The van der Waals surface area contributed by atoms with E-state index >= 15 is 0 Å². The highest BCUT2D eigenvalue weighted by Gasteiger charge is 2.63. The molecule has 28 heavy (non-hydrogen) atoms. The van der Waals surface area contributed by atoms with E-state index in [-0.39, 0.29) is 9.85 Å². The monoisotopic (exact) mass is 383 g/mol. The summed E-state index contributed by atoms with van der Waals surface area (Å²) in [5.41, 5.74) is 2.28. The van der Waals surface area contributed by atoms with Gasteiger partial charge in [0.25, 0.3) is 0 Å². The molecule has 7 heteroatoms. The molecule has 1 aliphatic heterocycles. The van der Waals surface area contributed by atoms with Gasteiger partial charge in [-0.05, 0) is 49.9 Å². The highest BCUT2D eigenvalue weighted by molar-refractivity contribution is 5.35. The van der Waals surface area contributed by atoms with Crippen LogP contribution >= 0.6 is 0 Å². The lowest BCUT2D eigenvalue weighted by atomic mass is 9.66. The van der Waals surface area contributed by atoms with Gasteiger partial charge in [0.05, 0.1) is 0 Å². The quantitative estimate of drug-likeness (QED) is 0.635. The summed E-state index contributed by atoms with van der Waals surface area (Å²) >= 11 is 0. The lowest BCUT2D eigenvalue weighted by Crippen LogP contribution is -2.63. The number of nitrogens with one attached hydrogen (secondary N) is 1. The molecule has 3 rings (SSSR count). The summed E-state index contributed by atoms with van der Waals surface area (Å²) < 4.78 is 0. The SMILES string of the molecule is Cc1ccccc1[C@H]1N[C@@H](c2ccccc2C)[C@H]([N+](=O)[O-])C(C)(C)[C@H]1[N+](=O)[O-]. The van der Waals surface area contributed by atoms with Crippen LogP contribution < -0.4 is 5.32 Å². The van der Waals surface area contributed by atoms with E-state index in [1.165, 1.54) is 0 Å². The summed E-state index contributed by atoms with van der Waals surface area (Å²) in [7, 11) is 0. The van der Waals surface area contributed by atoms with Crippen LogP contribution in [0.5, 0.6) is 0 Å². The van der Waals surface area contributed by atoms with Gasteiger partial charge in [0.2, 0.25) is 12.1 Å². The van der Waals surface area contributed by atoms with Crippen LogP contribution in [0.4, 0.5) is 0 Å².